The molecule has 2 aromatic heterocycles. The van der Waals surface area contributed by atoms with Crippen LogP contribution in [0.15, 0.2) is 56.7 Å². The molecule has 0 atom stereocenters. The molecule has 0 saturated heterocycles. The summed E-state index contributed by atoms with van der Waals surface area (Å²) in [6.07, 6.45) is 1.50. The van der Waals surface area contributed by atoms with Crippen molar-refractivity contribution < 1.29 is 23.5 Å². The lowest BCUT2D eigenvalue weighted by Gasteiger charge is -2.06. The van der Waals surface area contributed by atoms with Crippen LogP contribution < -0.4 is 10.4 Å². The number of carbonyl (C=O) groups is 2. The molecule has 0 unspecified atom stereocenters. The normalized spacial score (nSPS) is 10.6. The van der Waals surface area contributed by atoms with Gasteiger partial charge in [0.1, 0.15) is 0 Å². The summed E-state index contributed by atoms with van der Waals surface area (Å²) in [7, 11) is 0. The van der Waals surface area contributed by atoms with Crippen LogP contribution in [0.3, 0.4) is 0 Å². The summed E-state index contributed by atoms with van der Waals surface area (Å²) in [5, 5.41) is 21.3. The van der Waals surface area contributed by atoms with E-state index in [-0.39, 0.29) is 34.9 Å². The van der Waals surface area contributed by atoms with Crippen molar-refractivity contribution in [1.82, 2.24) is 15.5 Å². The van der Waals surface area contributed by atoms with E-state index in [4.69, 9.17) is 8.83 Å². The highest BCUT2D eigenvalue weighted by molar-refractivity contribution is 7.99. The van der Waals surface area contributed by atoms with E-state index < -0.39 is 5.97 Å². The molecular weight excluding hydrogens is 346 g/mol. The summed E-state index contributed by atoms with van der Waals surface area (Å²) < 4.78 is 10.5. The lowest BCUT2D eigenvalue weighted by Crippen LogP contribution is -2.25. The van der Waals surface area contributed by atoms with E-state index in [0.717, 1.165) is 17.3 Å². The quantitative estimate of drug-likeness (QED) is 0.623. The second-order valence-electron chi connectivity index (χ2n) is 4.90. The zero-order chi connectivity index (χ0) is 17.6. The molecule has 0 aliphatic heterocycles. The number of thioether (sulfide) groups is 1. The molecule has 25 heavy (non-hydrogen) atoms. The Bertz CT molecular complexity index is 858. The van der Waals surface area contributed by atoms with E-state index in [0.29, 0.717) is 5.76 Å². The maximum Gasteiger partial charge on any atom is 0.284 e. The number of nitrogens with one attached hydrogen (secondary N) is 1. The van der Waals surface area contributed by atoms with E-state index in [1.165, 1.54) is 18.4 Å². The Morgan fingerprint density at radius 1 is 1.16 bits per heavy atom. The zero-order valence-corrected chi connectivity index (χ0v) is 13.6. The van der Waals surface area contributed by atoms with Crippen LogP contribution in [-0.2, 0) is 11.3 Å². The van der Waals surface area contributed by atoms with Crippen molar-refractivity contribution in [1.29, 1.82) is 0 Å². The number of aromatic nitrogens is 2. The lowest BCUT2D eigenvalue weighted by atomic mass is 10.1. The maximum absolute atomic E-state index is 11.9. The van der Waals surface area contributed by atoms with Gasteiger partial charge in [-0.15, -0.1) is 10.2 Å². The van der Waals surface area contributed by atoms with E-state index >= 15 is 0 Å². The Labute approximate surface area is 146 Å². The number of hydrogen-bond acceptors (Lipinski definition) is 8. The third-order valence-corrected chi connectivity index (χ3v) is 3.96. The predicted octanol–water partition coefficient (Wildman–Crippen LogP) is 1.10. The summed E-state index contributed by atoms with van der Waals surface area (Å²) in [5.74, 6) is -0.631. The molecule has 0 aliphatic carbocycles. The van der Waals surface area contributed by atoms with Crippen LogP contribution in [0.1, 0.15) is 15.9 Å². The number of carboxylic acid groups (broad SMARTS) is 1. The van der Waals surface area contributed by atoms with E-state index in [1.807, 2.05) is 0 Å². The smallest absolute Gasteiger partial charge is 0.284 e. The molecule has 3 rings (SSSR count). The lowest BCUT2D eigenvalue weighted by molar-refractivity contribution is -0.255. The molecule has 0 saturated carbocycles. The average molecular weight is 358 g/mol. The van der Waals surface area contributed by atoms with Gasteiger partial charge in [0.2, 0.25) is 5.91 Å². The van der Waals surface area contributed by atoms with Crippen LogP contribution in [0.4, 0.5) is 0 Å². The van der Waals surface area contributed by atoms with Crippen molar-refractivity contribution in [2.24, 2.45) is 0 Å². The number of amides is 1. The first-order chi connectivity index (χ1) is 12.1. The molecule has 1 N–H and O–H groups in total. The Balaban J connectivity index is 1.46. The van der Waals surface area contributed by atoms with Gasteiger partial charge in [-0.2, -0.15) is 0 Å². The zero-order valence-electron chi connectivity index (χ0n) is 12.8. The SMILES string of the molecule is O=C(CSc1nnc(-c2ccco2)o1)NCc1ccc(C(=O)[O-])cc1. The summed E-state index contributed by atoms with van der Waals surface area (Å²) in [6.45, 7) is 0.286. The van der Waals surface area contributed by atoms with Gasteiger partial charge in [0, 0.05) is 6.54 Å². The summed E-state index contributed by atoms with van der Waals surface area (Å²) in [6, 6.07) is 9.50. The number of rotatable bonds is 7. The highest BCUT2D eigenvalue weighted by Gasteiger charge is 2.12. The third kappa shape index (κ3) is 4.48. The first kappa shape index (κ1) is 16.8. The van der Waals surface area contributed by atoms with Crippen molar-refractivity contribution >= 4 is 23.6 Å². The van der Waals surface area contributed by atoms with Crippen molar-refractivity contribution in [3.8, 4) is 11.7 Å². The standard InChI is InChI=1S/C16H13N3O5S/c20-13(17-8-10-3-5-11(6-4-10)15(21)22)9-25-16-19-18-14(24-16)12-2-1-7-23-12/h1-7H,8-9H2,(H,17,20)(H,21,22)/p-1. The van der Waals surface area contributed by atoms with Gasteiger partial charge in [-0.3, -0.25) is 4.79 Å². The fraction of sp³-hybridized carbons (Fsp3) is 0.125. The molecule has 128 valence electrons. The number of hydrogen-bond donors (Lipinski definition) is 1. The molecule has 1 amide bonds. The van der Waals surface area contributed by atoms with Crippen molar-refractivity contribution in [3.63, 3.8) is 0 Å². The van der Waals surface area contributed by atoms with Crippen LogP contribution >= 0.6 is 11.8 Å². The van der Waals surface area contributed by atoms with Gasteiger partial charge in [0.05, 0.1) is 18.0 Å². The Morgan fingerprint density at radius 2 is 1.96 bits per heavy atom. The van der Waals surface area contributed by atoms with Crippen LogP contribution in [0.2, 0.25) is 0 Å². The molecule has 1 aromatic carbocycles. The second kappa shape index (κ2) is 7.67. The first-order valence-corrected chi connectivity index (χ1v) is 8.17. The maximum atomic E-state index is 11.9. The minimum Gasteiger partial charge on any atom is -0.545 e. The number of furan rings is 1. The minimum atomic E-state index is -1.24. The van der Waals surface area contributed by atoms with Gasteiger partial charge >= 0.3 is 0 Å². The third-order valence-electron chi connectivity index (χ3n) is 3.14. The van der Waals surface area contributed by atoms with Crippen LogP contribution in [0.25, 0.3) is 11.7 Å². The molecule has 0 radical (unpaired) electrons. The molecule has 3 aromatic rings. The molecule has 2 heterocycles. The van der Waals surface area contributed by atoms with Crippen molar-refractivity contribution in [3.05, 3.63) is 53.8 Å². The topological polar surface area (TPSA) is 121 Å². The molecule has 0 bridgehead atoms. The fourth-order valence-electron chi connectivity index (χ4n) is 1.91. The molecule has 8 nitrogen and oxygen atoms in total. The van der Waals surface area contributed by atoms with Gasteiger partial charge < -0.3 is 24.1 Å². The largest absolute Gasteiger partial charge is 0.545 e. The summed E-state index contributed by atoms with van der Waals surface area (Å²) in [4.78, 5) is 22.5. The highest BCUT2D eigenvalue weighted by Crippen LogP contribution is 2.23. The molecule has 0 spiro atoms. The van der Waals surface area contributed by atoms with Crippen molar-refractivity contribution in [2.45, 2.75) is 11.8 Å². The van der Waals surface area contributed by atoms with E-state index in [9.17, 15) is 14.7 Å². The minimum absolute atomic E-state index is 0.0920. The van der Waals surface area contributed by atoms with Crippen LogP contribution in [0.5, 0.6) is 0 Å². The predicted molar refractivity (Wildman–Crippen MR) is 85.3 cm³/mol. The van der Waals surface area contributed by atoms with Crippen LogP contribution in [0, 0.1) is 0 Å². The first-order valence-electron chi connectivity index (χ1n) is 7.19. The molecule has 0 fully saturated rings. The summed E-state index contributed by atoms with van der Waals surface area (Å²) >= 11 is 1.11. The van der Waals surface area contributed by atoms with Gasteiger partial charge in [-0.25, -0.2) is 0 Å². The number of carbonyl (C=O) groups excluding carboxylic acids is 2. The second-order valence-corrected chi connectivity index (χ2v) is 5.83. The van der Waals surface area contributed by atoms with E-state index in [2.05, 4.69) is 15.5 Å². The molecule has 9 heteroatoms. The number of benzene rings is 1. The monoisotopic (exact) mass is 358 g/mol. The number of carboxylic acids is 1. The number of aromatic carboxylic acids is 1. The van der Waals surface area contributed by atoms with Gasteiger partial charge in [0.25, 0.3) is 11.1 Å². The molecule has 0 aliphatic rings. The van der Waals surface area contributed by atoms with Gasteiger partial charge in [-0.1, -0.05) is 36.0 Å². The van der Waals surface area contributed by atoms with E-state index in [1.54, 1.807) is 24.3 Å². The Kier molecular flexibility index (Phi) is 5.14. The Hall–Kier alpha value is -3.07. The van der Waals surface area contributed by atoms with Crippen LogP contribution in [-0.4, -0.2) is 27.8 Å². The highest BCUT2D eigenvalue weighted by atomic mass is 32.2. The number of nitrogens with zero attached hydrogens (tertiary/aromatic N) is 2. The van der Waals surface area contributed by atoms with Gasteiger partial charge in [0.15, 0.2) is 5.76 Å². The van der Waals surface area contributed by atoms with Gasteiger partial charge in [-0.05, 0) is 23.3 Å². The molecular formula is C16H12N3O5S-. The summed E-state index contributed by atoms with van der Waals surface area (Å²) in [5.41, 5.74) is 0.871. The van der Waals surface area contributed by atoms with Crippen molar-refractivity contribution in [2.75, 3.05) is 5.75 Å². The fourth-order valence-corrected chi connectivity index (χ4v) is 2.50. The average Bonchev–Trinajstić information content (AvgIpc) is 3.29. The Morgan fingerprint density at radius 3 is 2.64 bits per heavy atom.